The summed E-state index contributed by atoms with van der Waals surface area (Å²) in [7, 11) is 2.94. The zero-order valence-electron chi connectivity index (χ0n) is 15.0. The lowest BCUT2D eigenvalue weighted by Gasteiger charge is -2.10. The summed E-state index contributed by atoms with van der Waals surface area (Å²) < 4.78 is 33.6. The normalized spacial score (nSPS) is 10.0. The predicted octanol–water partition coefficient (Wildman–Crippen LogP) is 2.19. The number of hydrogen-bond donors (Lipinski definition) is 1. The van der Waals surface area contributed by atoms with Gasteiger partial charge in [-0.2, -0.15) is 0 Å². The van der Waals surface area contributed by atoms with Gasteiger partial charge in [0, 0.05) is 11.6 Å². The molecule has 0 saturated carbocycles. The Kier molecular flexibility index (Phi) is 7.42. The van der Waals surface area contributed by atoms with Crippen molar-refractivity contribution in [3.63, 3.8) is 0 Å². The van der Waals surface area contributed by atoms with Crippen molar-refractivity contribution in [3.05, 3.63) is 53.8 Å². The van der Waals surface area contributed by atoms with Crippen molar-refractivity contribution in [2.75, 3.05) is 34.0 Å². The number of esters is 1. The van der Waals surface area contributed by atoms with Gasteiger partial charge in [-0.25, -0.2) is 4.39 Å². The molecule has 1 N–H and O–H groups in total. The Hall–Kier alpha value is -3.29. The molecular weight excluding hydrogens is 357 g/mol. The molecule has 0 radical (unpaired) electrons. The van der Waals surface area contributed by atoms with Crippen LogP contribution in [0.2, 0.25) is 0 Å². The van der Waals surface area contributed by atoms with Gasteiger partial charge in [0.05, 0.1) is 14.2 Å². The van der Waals surface area contributed by atoms with Gasteiger partial charge in [0.25, 0.3) is 5.91 Å². The Bertz CT molecular complexity index is 773. The molecule has 2 aromatic rings. The van der Waals surface area contributed by atoms with E-state index in [0.717, 1.165) is 0 Å². The van der Waals surface area contributed by atoms with Crippen molar-refractivity contribution in [2.45, 2.75) is 0 Å². The Balaban J connectivity index is 1.75. The first-order valence-corrected chi connectivity index (χ1v) is 8.07. The van der Waals surface area contributed by atoms with E-state index in [4.69, 9.17) is 18.9 Å². The fourth-order valence-electron chi connectivity index (χ4n) is 2.11. The summed E-state index contributed by atoms with van der Waals surface area (Å²) in [6.07, 6.45) is 0. The molecule has 0 aliphatic carbocycles. The minimum atomic E-state index is -0.643. The number of nitrogens with one attached hydrogen (secondary N) is 1. The summed E-state index contributed by atoms with van der Waals surface area (Å²) in [6.45, 7) is -0.401. The lowest BCUT2D eigenvalue weighted by Crippen LogP contribution is -2.31. The van der Waals surface area contributed by atoms with Gasteiger partial charge in [0.2, 0.25) is 0 Å². The standard InChI is InChI=1S/C19H20FNO6/c1-24-14-9-13(10-15(11-14)25-2)19(23)21-12-18(22)27-8-7-26-17-6-4-3-5-16(17)20/h3-6,9-11H,7-8,12H2,1-2H3,(H,21,23). The van der Waals surface area contributed by atoms with Crippen LogP contribution in [0.15, 0.2) is 42.5 Å². The van der Waals surface area contributed by atoms with Gasteiger partial charge >= 0.3 is 5.97 Å². The summed E-state index contributed by atoms with van der Waals surface area (Å²) >= 11 is 0. The summed E-state index contributed by atoms with van der Waals surface area (Å²) in [5.74, 6) is -0.638. The fourth-order valence-corrected chi connectivity index (χ4v) is 2.11. The molecule has 0 spiro atoms. The molecule has 0 bridgehead atoms. The summed E-state index contributed by atoms with van der Waals surface area (Å²) in [5, 5.41) is 2.44. The molecule has 1 amide bonds. The fraction of sp³-hybridized carbons (Fsp3) is 0.263. The van der Waals surface area contributed by atoms with Crippen LogP contribution in [0.1, 0.15) is 10.4 Å². The maximum Gasteiger partial charge on any atom is 0.325 e. The third-order valence-electron chi connectivity index (χ3n) is 3.45. The number of benzene rings is 2. The number of hydrogen-bond acceptors (Lipinski definition) is 6. The number of amides is 1. The van der Waals surface area contributed by atoms with E-state index < -0.39 is 17.7 Å². The molecule has 7 nitrogen and oxygen atoms in total. The zero-order chi connectivity index (χ0) is 19.6. The van der Waals surface area contributed by atoms with Crippen LogP contribution in [0.3, 0.4) is 0 Å². The first kappa shape index (κ1) is 20.0. The van der Waals surface area contributed by atoms with E-state index in [2.05, 4.69) is 5.32 Å². The molecular formula is C19H20FNO6. The van der Waals surface area contributed by atoms with Gasteiger partial charge in [0.15, 0.2) is 11.6 Å². The van der Waals surface area contributed by atoms with Crippen LogP contribution in [0.4, 0.5) is 4.39 Å². The highest BCUT2D eigenvalue weighted by molar-refractivity contribution is 5.96. The number of rotatable bonds is 9. The molecule has 0 fully saturated rings. The van der Waals surface area contributed by atoms with Crippen LogP contribution in [-0.2, 0) is 9.53 Å². The van der Waals surface area contributed by atoms with Crippen LogP contribution >= 0.6 is 0 Å². The van der Waals surface area contributed by atoms with Gasteiger partial charge in [-0.15, -0.1) is 0 Å². The molecule has 0 aliphatic heterocycles. The second kappa shape index (κ2) is 10.0. The molecule has 0 unspecified atom stereocenters. The molecule has 8 heteroatoms. The summed E-state index contributed by atoms with van der Waals surface area (Å²) in [6, 6.07) is 10.6. The van der Waals surface area contributed by atoms with Crippen LogP contribution in [-0.4, -0.2) is 45.9 Å². The van der Waals surface area contributed by atoms with E-state index in [1.807, 2.05) is 0 Å². The lowest BCUT2D eigenvalue weighted by atomic mass is 10.2. The molecule has 0 atom stereocenters. The molecule has 0 heterocycles. The van der Waals surface area contributed by atoms with Crippen molar-refractivity contribution in [2.24, 2.45) is 0 Å². The number of methoxy groups -OCH3 is 2. The second-order valence-electron chi connectivity index (χ2n) is 5.28. The van der Waals surface area contributed by atoms with E-state index in [0.29, 0.717) is 11.5 Å². The van der Waals surface area contributed by atoms with E-state index in [1.54, 1.807) is 18.2 Å². The Morgan fingerprint density at radius 1 is 1.00 bits per heavy atom. The second-order valence-corrected chi connectivity index (χ2v) is 5.28. The van der Waals surface area contributed by atoms with Crippen molar-refractivity contribution in [3.8, 4) is 17.2 Å². The largest absolute Gasteiger partial charge is 0.497 e. The lowest BCUT2D eigenvalue weighted by molar-refractivity contribution is -0.143. The topological polar surface area (TPSA) is 83.1 Å². The van der Waals surface area contributed by atoms with Crippen LogP contribution < -0.4 is 19.5 Å². The number of carbonyl (C=O) groups is 2. The molecule has 0 aromatic heterocycles. The van der Waals surface area contributed by atoms with E-state index >= 15 is 0 Å². The quantitative estimate of drug-likeness (QED) is 0.533. The third kappa shape index (κ3) is 6.18. The van der Waals surface area contributed by atoms with Crippen molar-refractivity contribution < 1.29 is 32.9 Å². The monoisotopic (exact) mass is 377 g/mol. The Morgan fingerprint density at radius 2 is 1.67 bits per heavy atom. The smallest absolute Gasteiger partial charge is 0.325 e. The maximum atomic E-state index is 13.4. The highest BCUT2D eigenvalue weighted by atomic mass is 19.1. The highest BCUT2D eigenvalue weighted by Gasteiger charge is 2.12. The van der Waals surface area contributed by atoms with E-state index in [9.17, 15) is 14.0 Å². The summed E-state index contributed by atoms with van der Waals surface area (Å²) in [5.41, 5.74) is 0.280. The number of para-hydroxylation sites is 1. The van der Waals surface area contributed by atoms with Gasteiger partial charge < -0.3 is 24.3 Å². The Labute approximate surface area is 156 Å². The third-order valence-corrected chi connectivity index (χ3v) is 3.45. The highest BCUT2D eigenvalue weighted by Crippen LogP contribution is 2.22. The van der Waals surface area contributed by atoms with Gasteiger partial charge in [0.1, 0.15) is 31.3 Å². The van der Waals surface area contributed by atoms with Crippen molar-refractivity contribution in [1.29, 1.82) is 0 Å². The molecule has 144 valence electrons. The summed E-state index contributed by atoms with van der Waals surface area (Å²) in [4.78, 5) is 23.8. The molecule has 0 aliphatic rings. The first-order chi connectivity index (χ1) is 13.0. The van der Waals surface area contributed by atoms with Crippen LogP contribution in [0.5, 0.6) is 17.2 Å². The van der Waals surface area contributed by atoms with Crippen LogP contribution in [0.25, 0.3) is 0 Å². The van der Waals surface area contributed by atoms with Crippen molar-refractivity contribution >= 4 is 11.9 Å². The average Bonchev–Trinajstić information content (AvgIpc) is 2.70. The number of ether oxygens (including phenoxy) is 4. The maximum absolute atomic E-state index is 13.4. The molecule has 27 heavy (non-hydrogen) atoms. The van der Waals surface area contributed by atoms with E-state index in [1.165, 1.54) is 38.5 Å². The molecule has 2 aromatic carbocycles. The first-order valence-electron chi connectivity index (χ1n) is 8.07. The van der Waals surface area contributed by atoms with Crippen molar-refractivity contribution in [1.82, 2.24) is 5.32 Å². The van der Waals surface area contributed by atoms with Crippen LogP contribution in [0, 0.1) is 5.82 Å². The minimum absolute atomic E-state index is 0.00625. The Morgan fingerprint density at radius 3 is 2.30 bits per heavy atom. The predicted molar refractivity (Wildman–Crippen MR) is 94.7 cm³/mol. The van der Waals surface area contributed by atoms with Gasteiger partial charge in [-0.3, -0.25) is 9.59 Å². The van der Waals surface area contributed by atoms with Gasteiger partial charge in [-0.05, 0) is 24.3 Å². The minimum Gasteiger partial charge on any atom is -0.497 e. The number of halogens is 1. The SMILES string of the molecule is COc1cc(OC)cc(C(=O)NCC(=O)OCCOc2ccccc2F)c1. The molecule has 2 rings (SSSR count). The average molecular weight is 377 g/mol. The van der Waals surface area contributed by atoms with E-state index in [-0.39, 0.29) is 31.1 Å². The number of carbonyl (C=O) groups excluding carboxylic acids is 2. The molecule has 0 saturated heterocycles. The zero-order valence-corrected chi connectivity index (χ0v) is 15.0. The van der Waals surface area contributed by atoms with Gasteiger partial charge in [-0.1, -0.05) is 12.1 Å².